The second-order valence-electron chi connectivity index (χ2n) is 7.13. The number of carbonyl (C=O) groups is 1. The van der Waals surface area contributed by atoms with Crippen molar-refractivity contribution in [1.82, 2.24) is 5.32 Å². The molecule has 0 aliphatic carbocycles. The van der Waals surface area contributed by atoms with Crippen molar-refractivity contribution in [2.45, 2.75) is 19.3 Å². The van der Waals surface area contributed by atoms with E-state index in [1.165, 1.54) is 27.4 Å². The predicted octanol–water partition coefficient (Wildman–Crippen LogP) is 3.71. The summed E-state index contributed by atoms with van der Waals surface area (Å²) in [6.07, 6.45) is 6.38. The van der Waals surface area contributed by atoms with Gasteiger partial charge in [0.15, 0.2) is 17.3 Å². The fourth-order valence-corrected chi connectivity index (χ4v) is 3.07. The van der Waals surface area contributed by atoms with Gasteiger partial charge in [0.05, 0.1) is 27.9 Å². The summed E-state index contributed by atoms with van der Waals surface area (Å²) in [5, 5.41) is 3.38. The molecule has 7 heteroatoms. The molecule has 2 rings (SSSR count). The number of methoxy groups -OCH3 is 3. The maximum Gasteiger partial charge on any atom is 0.203 e. The van der Waals surface area contributed by atoms with Crippen molar-refractivity contribution in [3.63, 3.8) is 0 Å². The van der Waals surface area contributed by atoms with Crippen molar-refractivity contribution in [1.29, 1.82) is 0 Å². The summed E-state index contributed by atoms with van der Waals surface area (Å²) in [5.41, 5.74) is 6.83. The second kappa shape index (κ2) is 14.1. The van der Waals surface area contributed by atoms with Crippen molar-refractivity contribution in [2.24, 2.45) is 5.73 Å². The molecule has 0 heterocycles. The van der Waals surface area contributed by atoms with Crippen molar-refractivity contribution in [2.75, 3.05) is 47.6 Å². The molecular formula is C25H34N2O5. The van der Waals surface area contributed by atoms with E-state index in [-0.39, 0.29) is 5.78 Å². The first-order valence-corrected chi connectivity index (χ1v) is 10.8. The lowest BCUT2D eigenvalue weighted by molar-refractivity contribution is 0.104. The molecule has 7 nitrogen and oxygen atoms in total. The van der Waals surface area contributed by atoms with Gasteiger partial charge in [-0.2, -0.15) is 0 Å². The predicted molar refractivity (Wildman–Crippen MR) is 127 cm³/mol. The molecule has 0 fully saturated rings. The molecule has 174 valence electrons. The first-order valence-electron chi connectivity index (χ1n) is 10.8. The Bertz CT molecular complexity index is 840. The molecule has 2 aromatic rings. The summed E-state index contributed by atoms with van der Waals surface area (Å²) in [6.45, 7) is 3.31. The second-order valence-corrected chi connectivity index (χ2v) is 7.13. The standard InChI is InChI=1S/C25H34N2O5/c1-29-23-17-20(18-24(30-2)25(23)31-3)22(28)12-9-19-7-10-21(11-8-19)32-16-6-15-27-14-5-4-13-26/h7-12,17-18,27H,4-6,13-16,26H2,1-3H3/b12-9+. The summed E-state index contributed by atoms with van der Waals surface area (Å²) in [5.74, 6) is 1.98. The molecule has 0 radical (unpaired) electrons. The molecule has 2 aromatic carbocycles. The summed E-state index contributed by atoms with van der Waals surface area (Å²) in [6, 6.07) is 10.9. The Morgan fingerprint density at radius 1 is 0.938 bits per heavy atom. The van der Waals surface area contributed by atoms with E-state index < -0.39 is 0 Å². The van der Waals surface area contributed by atoms with Crippen LogP contribution in [0.4, 0.5) is 0 Å². The first kappa shape index (κ1) is 25.2. The maximum atomic E-state index is 12.6. The van der Waals surface area contributed by atoms with E-state index in [4.69, 9.17) is 24.7 Å². The van der Waals surface area contributed by atoms with Crippen molar-refractivity contribution in [3.8, 4) is 23.0 Å². The average Bonchev–Trinajstić information content (AvgIpc) is 2.83. The van der Waals surface area contributed by atoms with Gasteiger partial charge in [-0.25, -0.2) is 0 Å². The van der Waals surface area contributed by atoms with Gasteiger partial charge < -0.3 is 30.0 Å². The monoisotopic (exact) mass is 442 g/mol. The van der Waals surface area contributed by atoms with Gasteiger partial charge in [-0.15, -0.1) is 0 Å². The molecule has 0 aromatic heterocycles. The van der Waals surface area contributed by atoms with Crippen LogP contribution in [0.3, 0.4) is 0 Å². The number of benzene rings is 2. The van der Waals surface area contributed by atoms with E-state index >= 15 is 0 Å². The highest BCUT2D eigenvalue weighted by Crippen LogP contribution is 2.38. The molecule has 0 atom stereocenters. The SMILES string of the molecule is COc1cc(C(=O)/C=C/c2ccc(OCCCNCCCCN)cc2)cc(OC)c1OC. The number of hydrogen-bond acceptors (Lipinski definition) is 7. The summed E-state index contributed by atoms with van der Waals surface area (Å²) >= 11 is 0. The summed E-state index contributed by atoms with van der Waals surface area (Å²) in [7, 11) is 4.56. The zero-order chi connectivity index (χ0) is 23.2. The van der Waals surface area contributed by atoms with Gasteiger partial charge in [-0.05, 0) is 74.8 Å². The van der Waals surface area contributed by atoms with E-state index in [1.807, 2.05) is 24.3 Å². The third-order valence-corrected chi connectivity index (χ3v) is 4.83. The molecule has 0 amide bonds. The Kier molecular flexibility index (Phi) is 11.1. The number of nitrogens with one attached hydrogen (secondary N) is 1. The minimum atomic E-state index is -0.163. The highest BCUT2D eigenvalue weighted by Gasteiger charge is 2.15. The molecule has 0 saturated carbocycles. The molecule has 0 saturated heterocycles. The topological polar surface area (TPSA) is 92.0 Å². The number of ketones is 1. The largest absolute Gasteiger partial charge is 0.494 e. The molecule has 32 heavy (non-hydrogen) atoms. The van der Waals surface area contributed by atoms with Gasteiger partial charge in [0.2, 0.25) is 5.75 Å². The normalized spacial score (nSPS) is 10.9. The fraction of sp³-hybridized carbons (Fsp3) is 0.400. The van der Waals surface area contributed by atoms with Crippen molar-refractivity contribution < 1.29 is 23.7 Å². The summed E-state index contributed by atoms with van der Waals surface area (Å²) in [4.78, 5) is 12.6. The highest BCUT2D eigenvalue weighted by atomic mass is 16.5. The van der Waals surface area contributed by atoms with Crippen LogP contribution in [-0.2, 0) is 0 Å². The van der Waals surface area contributed by atoms with E-state index in [0.717, 1.165) is 50.2 Å². The lowest BCUT2D eigenvalue weighted by Crippen LogP contribution is -2.19. The van der Waals surface area contributed by atoms with E-state index in [9.17, 15) is 4.79 Å². The fourth-order valence-electron chi connectivity index (χ4n) is 3.07. The molecule has 0 bridgehead atoms. The number of ether oxygens (including phenoxy) is 4. The van der Waals surface area contributed by atoms with E-state index in [1.54, 1.807) is 18.2 Å². The van der Waals surface area contributed by atoms with Crippen molar-refractivity contribution >= 4 is 11.9 Å². The van der Waals surface area contributed by atoms with Gasteiger partial charge >= 0.3 is 0 Å². The average molecular weight is 443 g/mol. The van der Waals surface area contributed by atoms with Crippen LogP contribution in [0.25, 0.3) is 6.08 Å². The van der Waals surface area contributed by atoms with Crippen LogP contribution in [0.1, 0.15) is 35.2 Å². The van der Waals surface area contributed by atoms with Crippen LogP contribution in [0.5, 0.6) is 23.0 Å². The Morgan fingerprint density at radius 2 is 1.59 bits per heavy atom. The van der Waals surface area contributed by atoms with Crippen LogP contribution < -0.4 is 30.0 Å². The number of rotatable bonds is 15. The first-order chi connectivity index (χ1) is 15.6. The molecular weight excluding hydrogens is 408 g/mol. The minimum absolute atomic E-state index is 0.163. The Labute approximate surface area is 190 Å². The maximum absolute atomic E-state index is 12.6. The van der Waals surface area contributed by atoms with Crippen LogP contribution in [0.15, 0.2) is 42.5 Å². The molecule has 0 spiro atoms. The van der Waals surface area contributed by atoms with Crippen molar-refractivity contribution in [3.05, 3.63) is 53.6 Å². The highest BCUT2D eigenvalue weighted by molar-refractivity contribution is 6.07. The van der Waals surface area contributed by atoms with Gasteiger partial charge in [0, 0.05) is 5.56 Å². The van der Waals surface area contributed by atoms with E-state index in [0.29, 0.717) is 29.4 Å². The Balaban J connectivity index is 1.86. The number of nitrogens with two attached hydrogens (primary N) is 1. The van der Waals surface area contributed by atoms with Crippen LogP contribution in [0, 0.1) is 0 Å². The quantitative estimate of drug-likeness (QED) is 0.247. The molecule has 0 unspecified atom stereocenters. The van der Waals surface area contributed by atoms with Gasteiger partial charge in [-0.3, -0.25) is 4.79 Å². The smallest absolute Gasteiger partial charge is 0.203 e. The van der Waals surface area contributed by atoms with E-state index in [2.05, 4.69) is 5.32 Å². The Morgan fingerprint density at radius 3 is 2.19 bits per heavy atom. The van der Waals surface area contributed by atoms with Crippen LogP contribution in [-0.4, -0.2) is 53.4 Å². The third kappa shape index (κ3) is 7.90. The number of allylic oxidation sites excluding steroid dienone is 1. The summed E-state index contributed by atoms with van der Waals surface area (Å²) < 4.78 is 21.7. The van der Waals surface area contributed by atoms with Gasteiger partial charge in [0.1, 0.15) is 5.75 Å². The van der Waals surface area contributed by atoms with Gasteiger partial charge in [0.25, 0.3) is 0 Å². The zero-order valence-electron chi connectivity index (χ0n) is 19.2. The van der Waals surface area contributed by atoms with Gasteiger partial charge in [-0.1, -0.05) is 18.2 Å². The minimum Gasteiger partial charge on any atom is -0.494 e. The van der Waals surface area contributed by atoms with Crippen LogP contribution in [0.2, 0.25) is 0 Å². The Hall–Kier alpha value is -3.03. The molecule has 0 aliphatic heterocycles. The molecule has 3 N–H and O–H groups in total. The lowest BCUT2D eigenvalue weighted by Gasteiger charge is -2.13. The lowest BCUT2D eigenvalue weighted by atomic mass is 10.1. The third-order valence-electron chi connectivity index (χ3n) is 4.83. The van der Waals surface area contributed by atoms with Crippen LogP contribution >= 0.6 is 0 Å². The number of hydrogen-bond donors (Lipinski definition) is 2. The number of carbonyl (C=O) groups excluding carboxylic acids is 1. The zero-order valence-corrected chi connectivity index (χ0v) is 19.2. The number of unbranched alkanes of at least 4 members (excludes halogenated alkanes) is 1. The molecule has 0 aliphatic rings.